The standard InChI is InChI=1S/C17H16N8S/c1-2-10(3-1)16-24-25-17(26-16)23-15-5-4-13-14(22-15)6-11(7-18-13)21-12-8-19-20-9-12/h4-10,21H,1-3H2,(H,19,20)(H,22,23,25). The van der Waals surface area contributed by atoms with Crippen LogP contribution in [0.2, 0.25) is 0 Å². The van der Waals surface area contributed by atoms with Crippen molar-refractivity contribution in [3.05, 3.63) is 41.8 Å². The normalized spacial score (nSPS) is 14.3. The van der Waals surface area contributed by atoms with Crippen molar-refractivity contribution in [2.75, 3.05) is 10.6 Å². The first-order chi connectivity index (χ1) is 12.8. The molecule has 3 N–H and O–H groups in total. The average Bonchev–Trinajstić information content (AvgIpc) is 3.25. The molecule has 8 nitrogen and oxygen atoms in total. The predicted molar refractivity (Wildman–Crippen MR) is 101 cm³/mol. The third kappa shape index (κ3) is 2.97. The zero-order chi connectivity index (χ0) is 17.3. The van der Waals surface area contributed by atoms with Crippen LogP contribution in [0.1, 0.15) is 30.2 Å². The molecule has 1 fully saturated rings. The Morgan fingerprint density at radius 3 is 2.81 bits per heavy atom. The number of H-pyrrole nitrogens is 1. The van der Waals surface area contributed by atoms with Gasteiger partial charge in [-0.25, -0.2) is 4.98 Å². The molecule has 0 radical (unpaired) electrons. The molecular weight excluding hydrogens is 348 g/mol. The van der Waals surface area contributed by atoms with E-state index in [-0.39, 0.29) is 0 Å². The van der Waals surface area contributed by atoms with Gasteiger partial charge in [-0.1, -0.05) is 17.8 Å². The second kappa shape index (κ2) is 6.34. The number of hydrogen-bond donors (Lipinski definition) is 3. The maximum absolute atomic E-state index is 4.65. The Balaban J connectivity index is 1.38. The predicted octanol–water partition coefficient (Wildman–Crippen LogP) is 3.96. The maximum atomic E-state index is 4.65. The van der Waals surface area contributed by atoms with Crippen LogP contribution in [0.25, 0.3) is 11.0 Å². The molecule has 4 heterocycles. The van der Waals surface area contributed by atoms with Gasteiger partial charge in [0.05, 0.1) is 34.8 Å². The fraction of sp³-hybridized carbons (Fsp3) is 0.235. The lowest BCUT2D eigenvalue weighted by atomic mass is 9.86. The number of fused-ring (bicyclic) bond motifs is 1. The van der Waals surface area contributed by atoms with Crippen molar-refractivity contribution in [2.45, 2.75) is 25.2 Å². The summed E-state index contributed by atoms with van der Waals surface area (Å²) in [7, 11) is 0. The molecule has 0 aliphatic heterocycles. The number of anilines is 4. The largest absolute Gasteiger partial charge is 0.352 e. The van der Waals surface area contributed by atoms with Crippen molar-refractivity contribution >= 4 is 44.7 Å². The van der Waals surface area contributed by atoms with Crippen LogP contribution in [-0.4, -0.2) is 30.4 Å². The molecule has 26 heavy (non-hydrogen) atoms. The second-order valence-electron chi connectivity index (χ2n) is 6.27. The fourth-order valence-electron chi connectivity index (χ4n) is 2.85. The minimum atomic E-state index is 0.591. The molecule has 9 heteroatoms. The minimum Gasteiger partial charge on any atom is -0.352 e. The Hall–Kier alpha value is -3.07. The highest BCUT2D eigenvalue weighted by Gasteiger charge is 2.23. The summed E-state index contributed by atoms with van der Waals surface area (Å²) < 4.78 is 0. The molecule has 1 aliphatic carbocycles. The summed E-state index contributed by atoms with van der Waals surface area (Å²) in [6.45, 7) is 0. The van der Waals surface area contributed by atoms with Gasteiger partial charge in [-0.15, -0.1) is 10.2 Å². The molecule has 5 rings (SSSR count). The molecular formula is C17H16N8S. The van der Waals surface area contributed by atoms with E-state index in [1.807, 2.05) is 18.2 Å². The van der Waals surface area contributed by atoms with Gasteiger partial charge in [0.25, 0.3) is 0 Å². The molecule has 0 unspecified atom stereocenters. The summed E-state index contributed by atoms with van der Waals surface area (Å²) in [5.41, 5.74) is 3.36. The number of nitrogens with one attached hydrogen (secondary N) is 3. The van der Waals surface area contributed by atoms with E-state index in [0.29, 0.717) is 5.92 Å². The van der Waals surface area contributed by atoms with Gasteiger partial charge in [0.15, 0.2) is 0 Å². The summed E-state index contributed by atoms with van der Waals surface area (Å²) in [6, 6.07) is 5.81. The summed E-state index contributed by atoms with van der Waals surface area (Å²) in [4.78, 5) is 9.10. The van der Waals surface area contributed by atoms with E-state index in [2.05, 4.69) is 41.0 Å². The van der Waals surface area contributed by atoms with E-state index in [1.54, 1.807) is 29.9 Å². The van der Waals surface area contributed by atoms with Crippen LogP contribution in [0.5, 0.6) is 0 Å². The monoisotopic (exact) mass is 364 g/mol. The summed E-state index contributed by atoms with van der Waals surface area (Å²) in [6.07, 6.45) is 9.01. The molecule has 1 saturated carbocycles. The molecule has 1 aliphatic rings. The van der Waals surface area contributed by atoms with Crippen LogP contribution in [0.15, 0.2) is 36.8 Å². The zero-order valence-corrected chi connectivity index (χ0v) is 14.6. The van der Waals surface area contributed by atoms with Crippen LogP contribution in [0.4, 0.5) is 22.3 Å². The Morgan fingerprint density at radius 1 is 1.04 bits per heavy atom. The first-order valence-electron chi connectivity index (χ1n) is 8.46. The van der Waals surface area contributed by atoms with Crippen molar-refractivity contribution in [3.8, 4) is 0 Å². The van der Waals surface area contributed by atoms with E-state index < -0.39 is 0 Å². The first-order valence-corrected chi connectivity index (χ1v) is 9.28. The van der Waals surface area contributed by atoms with Gasteiger partial charge in [-0.05, 0) is 31.0 Å². The van der Waals surface area contributed by atoms with E-state index >= 15 is 0 Å². The van der Waals surface area contributed by atoms with Gasteiger partial charge >= 0.3 is 0 Å². The summed E-state index contributed by atoms with van der Waals surface area (Å²) in [5.74, 6) is 1.32. The van der Waals surface area contributed by atoms with Crippen molar-refractivity contribution in [1.29, 1.82) is 0 Å². The maximum Gasteiger partial charge on any atom is 0.211 e. The van der Waals surface area contributed by atoms with Crippen LogP contribution in [-0.2, 0) is 0 Å². The fourth-order valence-corrected chi connectivity index (χ4v) is 3.76. The lowest BCUT2D eigenvalue weighted by Crippen LogP contribution is -2.07. The van der Waals surface area contributed by atoms with Crippen LogP contribution >= 0.6 is 11.3 Å². The number of aromatic amines is 1. The number of hydrogen-bond acceptors (Lipinski definition) is 8. The van der Waals surface area contributed by atoms with Gasteiger partial charge < -0.3 is 10.6 Å². The Kier molecular flexibility index (Phi) is 3.71. The van der Waals surface area contributed by atoms with E-state index in [4.69, 9.17) is 0 Å². The molecule has 0 atom stereocenters. The van der Waals surface area contributed by atoms with Crippen LogP contribution < -0.4 is 10.6 Å². The number of nitrogens with zero attached hydrogens (tertiary/aromatic N) is 5. The number of pyridine rings is 2. The third-order valence-electron chi connectivity index (χ3n) is 4.45. The van der Waals surface area contributed by atoms with Gasteiger partial charge in [0.2, 0.25) is 5.13 Å². The molecule has 0 amide bonds. The Morgan fingerprint density at radius 2 is 2.00 bits per heavy atom. The molecule has 130 valence electrons. The Labute approximate surface area is 153 Å². The van der Waals surface area contributed by atoms with Gasteiger partial charge in [-0.3, -0.25) is 10.1 Å². The van der Waals surface area contributed by atoms with Gasteiger partial charge in [-0.2, -0.15) is 5.10 Å². The average molecular weight is 364 g/mol. The van der Waals surface area contributed by atoms with Crippen molar-refractivity contribution in [2.24, 2.45) is 0 Å². The first kappa shape index (κ1) is 15.2. The molecule has 0 bridgehead atoms. The minimum absolute atomic E-state index is 0.591. The van der Waals surface area contributed by atoms with Gasteiger partial charge in [0.1, 0.15) is 10.8 Å². The molecule has 4 aromatic rings. The van der Waals surface area contributed by atoms with E-state index in [0.717, 1.165) is 38.4 Å². The Bertz CT molecular complexity index is 1040. The topological polar surface area (TPSA) is 104 Å². The number of aromatic nitrogens is 6. The number of rotatable bonds is 5. The van der Waals surface area contributed by atoms with Gasteiger partial charge in [0, 0.05) is 12.1 Å². The quantitative estimate of drug-likeness (QED) is 0.492. The molecule has 0 saturated heterocycles. The van der Waals surface area contributed by atoms with Crippen LogP contribution in [0.3, 0.4) is 0 Å². The SMILES string of the molecule is c1n[nH]cc1Nc1cnc2ccc(Nc3nnc(C4CCC4)s3)nc2c1. The second-order valence-corrected chi connectivity index (χ2v) is 7.28. The highest BCUT2D eigenvalue weighted by molar-refractivity contribution is 7.15. The van der Waals surface area contributed by atoms with Crippen molar-refractivity contribution in [1.82, 2.24) is 30.4 Å². The van der Waals surface area contributed by atoms with Crippen molar-refractivity contribution in [3.63, 3.8) is 0 Å². The van der Waals surface area contributed by atoms with E-state index in [1.165, 1.54) is 19.3 Å². The van der Waals surface area contributed by atoms with E-state index in [9.17, 15) is 0 Å². The summed E-state index contributed by atoms with van der Waals surface area (Å²) in [5, 5.41) is 23.6. The molecule has 4 aromatic heterocycles. The lowest BCUT2D eigenvalue weighted by molar-refractivity contribution is 0.416. The zero-order valence-electron chi connectivity index (χ0n) is 13.8. The smallest absolute Gasteiger partial charge is 0.211 e. The molecule has 0 aromatic carbocycles. The van der Waals surface area contributed by atoms with Crippen LogP contribution in [0, 0.1) is 0 Å². The molecule has 0 spiro atoms. The highest BCUT2D eigenvalue weighted by atomic mass is 32.1. The summed E-state index contributed by atoms with van der Waals surface area (Å²) >= 11 is 1.61. The van der Waals surface area contributed by atoms with Crippen molar-refractivity contribution < 1.29 is 0 Å². The third-order valence-corrected chi connectivity index (χ3v) is 5.46. The lowest BCUT2D eigenvalue weighted by Gasteiger charge is -2.21. The highest BCUT2D eigenvalue weighted by Crippen LogP contribution is 2.38.